The van der Waals surface area contributed by atoms with Gasteiger partial charge in [0.25, 0.3) is 15.6 Å². The van der Waals surface area contributed by atoms with Crippen molar-refractivity contribution in [3.8, 4) is 0 Å². The molecule has 194 valence electrons. The number of aryl methyl sites for hydroxylation is 1. The number of benzene rings is 1. The second-order valence-corrected chi connectivity index (χ2v) is 8.10. The summed E-state index contributed by atoms with van der Waals surface area (Å²) in [6.07, 6.45) is 0. The molecular weight excluding hydrogens is 507 g/mol. The standard InChI is InChI=1S/C17H17F5N6O5S.CH4/c1-7-2-3-8(16(30)28(7)6-9(29)25-4-5-33-26-17(23)24)27-34(31,32)15-13(21)11(19)10(18)12(20)14(15)22;/h2-3,27H,4-6H2,1H3,(H,25,29)(H4,23,24,26);1H4. The van der Waals surface area contributed by atoms with Gasteiger partial charge >= 0.3 is 0 Å². The first-order chi connectivity index (χ1) is 15.8. The van der Waals surface area contributed by atoms with E-state index in [-0.39, 0.29) is 32.2 Å². The predicted molar refractivity (Wildman–Crippen MR) is 114 cm³/mol. The fourth-order valence-electron chi connectivity index (χ4n) is 2.52. The molecule has 0 aliphatic rings. The first-order valence-corrected chi connectivity index (χ1v) is 10.5. The molecule has 0 aliphatic carbocycles. The third-order valence-electron chi connectivity index (χ3n) is 4.06. The predicted octanol–water partition coefficient (Wildman–Crippen LogP) is 0.610. The molecular formula is C18H21F5N6O5S. The van der Waals surface area contributed by atoms with Crippen LogP contribution in [0.1, 0.15) is 13.1 Å². The van der Waals surface area contributed by atoms with Crippen molar-refractivity contribution in [2.45, 2.75) is 25.8 Å². The second kappa shape index (κ2) is 11.5. The summed E-state index contributed by atoms with van der Waals surface area (Å²) in [6.45, 7) is 0.569. The van der Waals surface area contributed by atoms with Gasteiger partial charge in [-0.3, -0.25) is 14.3 Å². The lowest BCUT2D eigenvalue weighted by atomic mass is 10.3. The number of aromatic nitrogens is 1. The van der Waals surface area contributed by atoms with Crippen LogP contribution in [0, 0.1) is 36.0 Å². The van der Waals surface area contributed by atoms with Crippen LogP contribution in [-0.2, 0) is 26.2 Å². The maximum absolute atomic E-state index is 13.9. The van der Waals surface area contributed by atoms with Gasteiger partial charge in [-0.1, -0.05) is 7.43 Å². The molecule has 1 heterocycles. The van der Waals surface area contributed by atoms with Crippen LogP contribution in [0.2, 0.25) is 0 Å². The Morgan fingerprint density at radius 2 is 1.60 bits per heavy atom. The van der Waals surface area contributed by atoms with Crippen LogP contribution in [0.5, 0.6) is 0 Å². The van der Waals surface area contributed by atoms with E-state index in [2.05, 4.69) is 15.3 Å². The maximum atomic E-state index is 13.9. The van der Waals surface area contributed by atoms with Crippen LogP contribution in [0.3, 0.4) is 0 Å². The molecule has 6 N–H and O–H groups in total. The van der Waals surface area contributed by atoms with Crippen LogP contribution < -0.4 is 27.1 Å². The van der Waals surface area contributed by atoms with Crippen LogP contribution >= 0.6 is 0 Å². The fraction of sp³-hybridized carbons (Fsp3) is 0.278. The number of nitrogens with two attached hydrogens (primary N) is 2. The van der Waals surface area contributed by atoms with Crippen molar-refractivity contribution >= 4 is 27.6 Å². The Labute approximate surface area is 195 Å². The number of nitrogens with zero attached hydrogens (tertiary/aromatic N) is 2. The first-order valence-electron chi connectivity index (χ1n) is 9.00. The van der Waals surface area contributed by atoms with Crippen molar-refractivity contribution in [3.63, 3.8) is 0 Å². The van der Waals surface area contributed by atoms with E-state index >= 15 is 0 Å². The lowest BCUT2D eigenvalue weighted by Crippen LogP contribution is -2.36. The number of guanidine groups is 1. The zero-order chi connectivity index (χ0) is 25.8. The lowest BCUT2D eigenvalue weighted by Gasteiger charge is -2.14. The molecule has 0 bridgehead atoms. The van der Waals surface area contributed by atoms with Gasteiger partial charge in [0, 0.05) is 5.69 Å². The monoisotopic (exact) mass is 528 g/mol. The van der Waals surface area contributed by atoms with Crippen molar-refractivity contribution in [1.82, 2.24) is 9.88 Å². The van der Waals surface area contributed by atoms with Crippen molar-refractivity contribution < 1.29 is 40.0 Å². The van der Waals surface area contributed by atoms with Gasteiger partial charge in [0.05, 0.1) is 6.54 Å². The van der Waals surface area contributed by atoms with Crippen LogP contribution in [0.15, 0.2) is 27.0 Å². The number of oxime groups is 1. The van der Waals surface area contributed by atoms with E-state index in [9.17, 15) is 40.0 Å². The molecule has 0 saturated heterocycles. The molecule has 0 aliphatic heterocycles. The Bertz CT molecular complexity index is 1280. The van der Waals surface area contributed by atoms with Gasteiger partial charge in [-0.25, -0.2) is 30.4 Å². The average Bonchev–Trinajstić information content (AvgIpc) is 2.75. The molecule has 11 nitrogen and oxygen atoms in total. The van der Waals surface area contributed by atoms with E-state index in [0.717, 1.165) is 10.6 Å². The SMILES string of the molecule is C.Cc1ccc(NS(=O)(=O)c2c(F)c(F)c(F)c(F)c2F)c(=O)n1CC(=O)NCCON=C(N)N. The van der Waals surface area contributed by atoms with E-state index in [1.54, 1.807) is 0 Å². The van der Waals surface area contributed by atoms with Crippen molar-refractivity contribution in [1.29, 1.82) is 0 Å². The summed E-state index contributed by atoms with van der Waals surface area (Å²) in [6, 6.07) is 2.06. The number of hydrogen-bond donors (Lipinski definition) is 4. The van der Waals surface area contributed by atoms with E-state index < -0.39 is 67.7 Å². The summed E-state index contributed by atoms with van der Waals surface area (Å²) in [5.41, 5.74) is 8.29. The number of anilines is 1. The van der Waals surface area contributed by atoms with Gasteiger partial charge in [0.1, 0.15) is 18.8 Å². The maximum Gasteiger partial charge on any atom is 0.275 e. The van der Waals surface area contributed by atoms with Gasteiger partial charge in [0.2, 0.25) is 17.7 Å². The number of hydrogen-bond acceptors (Lipinski definition) is 6. The van der Waals surface area contributed by atoms with Crippen LogP contribution in [0.4, 0.5) is 27.6 Å². The van der Waals surface area contributed by atoms with E-state index in [1.807, 2.05) is 0 Å². The van der Waals surface area contributed by atoms with Crippen LogP contribution in [0.25, 0.3) is 0 Å². The zero-order valence-corrected chi connectivity index (χ0v) is 18.0. The number of nitrogens with one attached hydrogen (secondary N) is 2. The Hall–Kier alpha value is -3.89. The smallest absolute Gasteiger partial charge is 0.275 e. The number of rotatable bonds is 9. The van der Waals surface area contributed by atoms with E-state index in [4.69, 9.17) is 11.5 Å². The number of amides is 1. The minimum absolute atomic E-state index is 0. The van der Waals surface area contributed by atoms with Gasteiger partial charge < -0.3 is 26.2 Å². The minimum atomic E-state index is -5.45. The highest BCUT2D eigenvalue weighted by molar-refractivity contribution is 7.92. The number of carbonyl (C=O) groups excluding carboxylic acids is 1. The third kappa shape index (κ3) is 6.58. The summed E-state index contributed by atoms with van der Waals surface area (Å²) in [7, 11) is -5.45. The summed E-state index contributed by atoms with van der Waals surface area (Å²) in [5.74, 6) is -13.8. The topological polar surface area (TPSA) is 171 Å². The summed E-state index contributed by atoms with van der Waals surface area (Å²) in [4.78, 5) is 27.2. The Morgan fingerprint density at radius 1 is 1.06 bits per heavy atom. The van der Waals surface area contributed by atoms with Gasteiger partial charge in [0.15, 0.2) is 28.2 Å². The molecule has 0 radical (unpaired) electrons. The van der Waals surface area contributed by atoms with Gasteiger partial charge in [-0.15, -0.1) is 0 Å². The summed E-state index contributed by atoms with van der Waals surface area (Å²) in [5, 5.41) is 5.57. The molecule has 0 saturated carbocycles. The highest BCUT2D eigenvalue weighted by Crippen LogP contribution is 2.27. The molecule has 0 atom stereocenters. The van der Waals surface area contributed by atoms with E-state index in [1.165, 1.54) is 17.7 Å². The number of pyridine rings is 1. The van der Waals surface area contributed by atoms with Gasteiger partial charge in [-0.2, -0.15) is 0 Å². The molecule has 0 spiro atoms. The van der Waals surface area contributed by atoms with Crippen molar-refractivity contribution in [2.24, 2.45) is 16.6 Å². The number of halogens is 5. The molecule has 1 aromatic carbocycles. The van der Waals surface area contributed by atoms with Gasteiger partial charge in [-0.05, 0) is 24.2 Å². The Balaban J connectivity index is 0.00000612. The average molecular weight is 528 g/mol. The number of carbonyl (C=O) groups is 1. The second-order valence-electron chi connectivity index (χ2n) is 6.48. The highest BCUT2D eigenvalue weighted by Gasteiger charge is 2.34. The quantitative estimate of drug-likeness (QED) is 0.0702. The lowest BCUT2D eigenvalue weighted by molar-refractivity contribution is -0.122. The van der Waals surface area contributed by atoms with Crippen molar-refractivity contribution in [3.05, 3.63) is 57.3 Å². The molecule has 1 amide bonds. The summed E-state index contributed by atoms with van der Waals surface area (Å²) < 4.78 is 94.9. The largest absolute Gasteiger partial charge is 0.391 e. The fourth-order valence-corrected chi connectivity index (χ4v) is 3.72. The van der Waals surface area contributed by atoms with Crippen LogP contribution in [-0.4, -0.2) is 38.0 Å². The summed E-state index contributed by atoms with van der Waals surface area (Å²) >= 11 is 0. The third-order valence-corrected chi connectivity index (χ3v) is 5.45. The molecule has 2 rings (SSSR count). The first kappa shape index (κ1) is 29.1. The molecule has 35 heavy (non-hydrogen) atoms. The number of sulfonamides is 1. The molecule has 17 heteroatoms. The highest BCUT2D eigenvalue weighted by atomic mass is 32.2. The minimum Gasteiger partial charge on any atom is -0.391 e. The normalized spacial score (nSPS) is 10.8. The molecule has 0 fully saturated rings. The molecule has 1 aromatic heterocycles. The van der Waals surface area contributed by atoms with E-state index in [0.29, 0.717) is 0 Å². The Kier molecular flexibility index (Phi) is 9.57. The van der Waals surface area contributed by atoms with Crippen molar-refractivity contribution in [2.75, 3.05) is 17.9 Å². The Morgan fingerprint density at radius 3 is 2.14 bits per heavy atom. The zero-order valence-electron chi connectivity index (χ0n) is 17.2. The molecule has 2 aromatic rings. The molecule has 0 unspecified atom stereocenters.